The van der Waals surface area contributed by atoms with E-state index in [-0.39, 0.29) is 5.57 Å². The highest BCUT2D eigenvalue weighted by atomic mass is 16.5. The first-order chi connectivity index (χ1) is 13.5. The number of nitrogens with one attached hydrogen (secondary N) is 1. The van der Waals surface area contributed by atoms with Gasteiger partial charge in [-0.05, 0) is 61.9 Å². The number of rotatable bonds is 6. The minimum atomic E-state index is -0.789. The van der Waals surface area contributed by atoms with Crippen LogP contribution in [0.4, 0.5) is 10.5 Å². The topological polar surface area (TPSA) is 84.9 Å². The number of anilines is 1. The number of ether oxygens (including phenoxy) is 2. The Kier molecular flexibility index (Phi) is 5.74. The third-order valence-electron chi connectivity index (χ3n) is 4.01. The van der Waals surface area contributed by atoms with Gasteiger partial charge in [0.2, 0.25) is 0 Å². The van der Waals surface area contributed by atoms with Gasteiger partial charge in [-0.3, -0.25) is 14.9 Å². The van der Waals surface area contributed by atoms with E-state index in [4.69, 9.17) is 9.47 Å². The molecule has 0 saturated carbocycles. The molecule has 0 spiro atoms. The third-order valence-corrected chi connectivity index (χ3v) is 4.01. The average Bonchev–Trinajstić information content (AvgIpc) is 2.68. The number of hydrogen-bond donors (Lipinski definition) is 1. The van der Waals surface area contributed by atoms with E-state index in [1.54, 1.807) is 48.5 Å². The highest BCUT2D eigenvalue weighted by Crippen LogP contribution is 2.24. The first-order valence-electron chi connectivity index (χ1n) is 8.90. The Morgan fingerprint density at radius 3 is 1.93 bits per heavy atom. The smallest absolute Gasteiger partial charge is 0.335 e. The van der Waals surface area contributed by atoms with Crippen molar-refractivity contribution in [3.63, 3.8) is 0 Å². The summed E-state index contributed by atoms with van der Waals surface area (Å²) in [6.07, 6.45) is 1.45. The Labute approximate surface area is 162 Å². The fourth-order valence-corrected chi connectivity index (χ4v) is 2.74. The normalized spacial score (nSPS) is 15.6. The second kappa shape index (κ2) is 8.39. The molecule has 4 amide bonds. The Hall–Kier alpha value is -3.61. The summed E-state index contributed by atoms with van der Waals surface area (Å²) in [5.74, 6) is -0.106. The van der Waals surface area contributed by atoms with E-state index < -0.39 is 17.8 Å². The number of hydrogen-bond acceptors (Lipinski definition) is 5. The lowest BCUT2D eigenvalue weighted by atomic mass is 10.1. The molecule has 2 aromatic carbocycles. The zero-order valence-corrected chi connectivity index (χ0v) is 15.6. The molecule has 7 heteroatoms. The first kappa shape index (κ1) is 19.2. The highest BCUT2D eigenvalue weighted by Gasteiger charge is 2.36. The molecule has 144 valence electrons. The molecule has 0 aliphatic carbocycles. The molecule has 0 aromatic heterocycles. The van der Waals surface area contributed by atoms with Crippen LogP contribution in [0.5, 0.6) is 11.5 Å². The molecule has 0 unspecified atom stereocenters. The van der Waals surface area contributed by atoms with Crippen LogP contribution >= 0.6 is 0 Å². The van der Waals surface area contributed by atoms with Crippen LogP contribution in [0.3, 0.4) is 0 Å². The third kappa shape index (κ3) is 4.03. The van der Waals surface area contributed by atoms with Gasteiger partial charge in [-0.25, -0.2) is 9.69 Å². The molecular weight excluding hydrogens is 360 g/mol. The van der Waals surface area contributed by atoms with Gasteiger partial charge in [-0.1, -0.05) is 12.1 Å². The Morgan fingerprint density at radius 2 is 1.39 bits per heavy atom. The summed E-state index contributed by atoms with van der Waals surface area (Å²) in [6.45, 7) is 4.79. The van der Waals surface area contributed by atoms with Gasteiger partial charge in [0.15, 0.2) is 0 Å². The lowest BCUT2D eigenvalue weighted by molar-refractivity contribution is -0.122. The molecule has 1 fully saturated rings. The zero-order valence-electron chi connectivity index (χ0n) is 15.6. The predicted octanol–water partition coefficient (Wildman–Crippen LogP) is 3.15. The fraction of sp³-hybridized carbons (Fsp3) is 0.190. The Bertz CT molecular complexity index is 917. The molecule has 1 saturated heterocycles. The molecule has 1 aliphatic heterocycles. The van der Waals surface area contributed by atoms with Crippen LogP contribution in [0.15, 0.2) is 54.1 Å². The molecule has 1 N–H and O–H groups in total. The van der Waals surface area contributed by atoms with Gasteiger partial charge in [-0.15, -0.1) is 0 Å². The van der Waals surface area contributed by atoms with Crippen molar-refractivity contribution in [3.8, 4) is 11.5 Å². The summed E-state index contributed by atoms with van der Waals surface area (Å²) < 4.78 is 10.7. The second-order valence-corrected chi connectivity index (χ2v) is 5.89. The summed E-state index contributed by atoms with van der Waals surface area (Å²) in [6, 6.07) is 12.7. The fourth-order valence-electron chi connectivity index (χ4n) is 2.74. The van der Waals surface area contributed by atoms with E-state index in [0.717, 1.165) is 4.90 Å². The van der Waals surface area contributed by atoms with Crippen molar-refractivity contribution < 1.29 is 23.9 Å². The number of benzene rings is 2. The molecule has 3 rings (SSSR count). The number of imide groups is 2. The minimum Gasteiger partial charge on any atom is -0.494 e. The second-order valence-electron chi connectivity index (χ2n) is 5.89. The summed E-state index contributed by atoms with van der Waals surface area (Å²) in [5.41, 5.74) is 0.858. The van der Waals surface area contributed by atoms with Crippen LogP contribution in [-0.4, -0.2) is 31.1 Å². The minimum absolute atomic E-state index is 0.127. The number of carbonyl (C=O) groups is 3. The van der Waals surface area contributed by atoms with Crippen molar-refractivity contribution in [3.05, 3.63) is 59.7 Å². The lowest BCUT2D eigenvalue weighted by Crippen LogP contribution is -2.54. The molecular formula is C21H20N2O5. The summed E-state index contributed by atoms with van der Waals surface area (Å²) in [4.78, 5) is 38.2. The van der Waals surface area contributed by atoms with Gasteiger partial charge in [0.05, 0.1) is 18.9 Å². The molecule has 0 radical (unpaired) electrons. The van der Waals surface area contributed by atoms with Gasteiger partial charge in [-0.2, -0.15) is 0 Å². The maximum atomic E-state index is 12.9. The summed E-state index contributed by atoms with van der Waals surface area (Å²) in [7, 11) is 0. The van der Waals surface area contributed by atoms with Crippen LogP contribution in [0, 0.1) is 0 Å². The van der Waals surface area contributed by atoms with E-state index in [1.807, 2.05) is 13.8 Å². The van der Waals surface area contributed by atoms with E-state index in [2.05, 4.69) is 5.32 Å². The van der Waals surface area contributed by atoms with Crippen molar-refractivity contribution in [1.29, 1.82) is 0 Å². The average molecular weight is 380 g/mol. The standard InChI is InChI=1S/C21H20N2O5/c1-3-27-16-9-5-14(6-10-16)13-18-19(24)22-21(26)23(20(18)25)15-7-11-17(12-8-15)28-4-2/h5-13H,3-4H2,1-2H3,(H,22,24,26)/b18-13-. The van der Waals surface area contributed by atoms with E-state index >= 15 is 0 Å². The number of carbonyl (C=O) groups excluding carboxylic acids is 3. The van der Waals surface area contributed by atoms with Crippen LogP contribution in [-0.2, 0) is 9.59 Å². The largest absolute Gasteiger partial charge is 0.494 e. The number of nitrogens with zero attached hydrogens (tertiary/aromatic N) is 1. The van der Waals surface area contributed by atoms with Crippen molar-refractivity contribution >= 4 is 29.6 Å². The molecule has 7 nitrogen and oxygen atoms in total. The zero-order chi connectivity index (χ0) is 20.1. The number of urea groups is 1. The molecule has 1 aliphatic rings. The highest BCUT2D eigenvalue weighted by molar-refractivity contribution is 6.39. The van der Waals surface area contributed by atoms with Crippen LogP contribution < -0.4 is 19.7 Å². The lowest BCUT2D eigenvalue weighted by Gasteiger charge is -2.26. The van der Waals surface area contributed by atoms with E-state index in [1.165, 1.54) is 6.08 Å². The van der Waals surface area contributed by atoms with Crippen molar-refractivity contribution in [2.75, 3.05) is 18.1 Å². The maximum absolute atomic E-state index is 12.9. The predicted molar refractivity (Wildman–Crippen MR) is 104 cm³/mol. The van der Waals surface area contributed by atoms with Crippen molar-refractivity contribution in [2.24, 2.45) is 0 Å². The molecule has 0 atom stereocenters. The molecule has 2 aromatic rings. The number of barbiturate groups is 1. The van der Waals surface area contributed by atoms with Gasteiger partial charge >= 0.3 is 6.03 Å². The Morgan fingerprint density at radius 1 is 0.857 bits per heavy atom. The van der Waals surface area contributed by atoms with Crippen LogP contribution in [0.2, 0.25) is 0 Å². The van der Waals surface area contributed by atoms with Crippen molar-refractivity contribution in [1.82, 2.24) is 5.32 Å². The van der Waals surface area contributed by atoms with Crippen molar-refractivity contribution in [2.45, 2.75) is 13.8 Å². The number of amides is 4. The van der Waals surface area contributed by atoms with Gasteiger partial charge < -0.3 is 9.47 Å². The van der Waals surface area contributed by atoms with Crippen LogP contribution in [0.1, 0.15) is 19.4 Å². The molecule has 0 bridgehead atoms. The quantitative estimate of drug-likeness (QED) is 0.615. The van der Waals surface area contributed by atoms with Gasteiger partial charge in [0.25, 0.3) is 11.8 Å². The van der Waals surface area contributed by atoms with Crippen LogP contribution in [0.25, 0.3) is 6.08 Å². The monoisotopic (exact) mass is 380 g/mol. The summed E-state index contributed by atoms with van der Waals surface area (Å²) >= 11 is 0. The first-order valence-corrected chi connectivity index (χ1v) is 8.90. The maximum Gasteiger partial charge on any atom is 0.335 e. The van der Waals surface area contributed by atoms with E-state index in [0.29, 0.717) is 36.0 Å². The summed E-state index contributed by atoms with van der Waals surface area (Å²) in [5, 5.41) is 2.20. The van der Waals surface area contributed by atoms with E-state index in [9.17, 15) is 14.4 Å². The van der Waals surface area contributed by atoms with Gasteiger partial charge in [0.1, 0.15) is 17.1 Å². The SMILES string of the molecule is CCOc1ccc(/C=C2/C(=O)NC(=O)N(c3ccc(OCC)cc3)C2=O)cc1. The molecule has 28 heavy (non-hydrogen) atoms. The molecule has 1 heterocycles. The van der Waals surface area contributed by atoms with Gasteiger partial charge in [0, 0.05) is 0 Å². The Balaban J connectivity index is 1.89.